The van der Waals surface area contributed by atoms with Crippen LogP contribution in [0.3, 0.4) is 0 Å². The summed E-state index contributed by atoms with van der Waals surface area (Å²) in [6.07, 6.45) is 2.11. The Kier molecular flexibility index (Phi) is 3.10. The van der Waals surface area contributed by atoms with E-state index in [1.807, 2.05) is 0 Å². The molecule has 0 saturated heterocycles. The molecule has 2 aromatic rings. The summed E-state index contributed by atoms with van der Waals surface area (Å²) in [5.41, 5.74) is 0.604. The standard InChI is InChI=1S/C10H10N4O3/c15-10(5-13-7-11-6-12-13)8-1-3-9(4-2-8)14(16)17/h1-4,6-7,10,15H,5H2. The SMILES string of the molecule is O=[N+]([O-])c1ccc(C(O)Cn2cncn2)cc1. The van der Waals surface area contributed by atoms with Crippen molar-refractivity contribution in [2.24, 2.45) is 0 Å². The van der Waals surface area contributed by atoms with Gasteiger partial charge in [0, 0.05) is 12.1 Å². The lowest BCUT2D eigenvalue weighted by molar-refractivity contribution is -0.384. The third-order valence-electron chi connectivity index (χ3n) is 2.32. The molecule has 88 valence electrons. The Balaban J connectivity index is 2.09. The van der Waals surface area contributed by atoms with Gasteiger partial charge in [0.05, 0.1) is 17.6 Å². The van der Waals surface area contributed by atoms with Crippen molar-refractivity contribution in [2.45, 2.75) is 12.6 Å². The molecule has 0 aliphatic carbocycles. The first-order chi connectivity index (χ1) is 8.16. The molecule has 0 fully saturated rings. The third-order valence-corrected chi connectivity index (χ3v) is 2.32. The monoisotopic (exact) mass is 234 g/mol. The predicted molar refractivity (Wildman–Crippen MR) is 58.1 cm³/mol. The molecule has 17 heavy (non-hydrogen) atoms. The summed E-state index contributed by atoms with van der Waals surface area (Å²) in [7, 11) is 0. The van der Waals surface area contributed by atoms with Crippen LogP contribution in [-0.2, 0) is 6.54 Å². The summed E-state index contributed by atoms with van der Waals surface area (Å²) in [5.74, 6) is 0. The van der Waals surface area contributed by atoms with Crippen molar-refractivity contribution < 1.29 is 10.0 Å². The second-order valence-corrected chi connectivity index (χ2v) is 3.48. The first kappa shape index (κ1) is 11.2. The summed E-state index contributed by atoms with van der Waals surface area (Å²) < 4.78 is 1.49. The van der Waals surface area contributed by atoms with Crippen LogP contribution in [-0.4, -0.2) is 24.8 Å². The summed E-state index contributed by atoms with van der Waals surface area (Å²) in [6.45, 7) is 0.262. The van der Waals surface area contributed by atoms with E-state index in [-0.39, 0.29) is 12.2 Å². The number of non-ortho nitro benzene ring substituents is 1. The van der Waals surface area contributed by atoms with E-state index >= 15 is 0 Å². The number of nitrogens with zero attached hydrogens (tertiary/aromatic N) is 4. The molecule has 1 unspecified atom stereocenters. The van der Waals surface area contributed by atoms with Crippen LogP contribution in [0.1, 0.15) is 11.7 Å². The van der Waals surface area contributed by atoms with Gasteiger partial charge in [-0.15, -0.1) is 0 Å². The minimum atomic E-state index is -0.766. The minimum absolute atomic E-state index is 0.00158. The molecule has 0 bridgehead atoms. The zero-order valence-electron chi connectivity index (χ0n) is 8.80. The number of benzene rings is 1. The van der Waals surface area contributed by atoms with E-state index in [4.69, 9.17) is 0 Å². The lowest BCUT2D eigenvalue weighted by Gasteiger charge is -2.10. The number of rotatable bonds is 4. The van der Waals surface area contributed by atoms with E-state index in [0.717, 1.165) is 0 Å². The fraction of sp³-hybridized carbons (Fsp3) is 0.200. The van der Waals surface area contributed by atoms with E-state index in [1.54, 1.807) is 0 Å². The number of aromatic nitrogens is 3. The van der Waals surface area contributed by atoms with Gasteiger partial charge in [-0.1, -0.05) is 0 Å². The largest absolute Gasteiger partial charge is 0.386 e. The van der Waals surface area contributed by atoms with Crippen LogP contribution in [0.5, 0.6) is 0 Å². The smallest absolute Gasteiger partial charge is 0.269 e. The van der Waals surface area contributed by atoms with Crippen LogP contribution in [0, 0.1) is 10.1 Å². The quantitative estimate of drug-likeness (QED) is 0.627. The maximum Gasteiger partial charge on any atom is 0.269 e. The van der Waals surface area contributed by atoms with E-state index < -0.39 is 11.0 Å². The molecular weight excluding hydrogens is 224 g/mol. The molecule has 7 nitrogen and oxygen atoms in total. The number of aliphatic hydroxyl groups is 1. The van der Waals surface area contributed by atoms with Crippen molar-refractivity contribution in [3.63, 3.8) is 0 Å². The van der Waals surface area contributed by atoms with Gasteiger partial charge in [-0.25, -0.2) is 4.98 Å². The van der Waals surface area contributed by atoms with E-state index in [1.165, 1.54) is 41.6 Å². The molecule has 0 aliphatic rings. The number of nitro benzene ring substituents is 1. The molecular formula is C10H10N4O3. The highest BCUT2D eigenvalue weighted by Crippen LogP contribution is 2.18. The molecule has 0 aliphatic heterocycles. The topological polar surface area (TPSA) is 94.1 Å². The highest BCUT2D eigenvalue weighted by Gasteiger charge is 2.11. The number of aliphatic hydroxyl groups excluding tert-OH is 1. The van der Waals surface area contributed by atoms with Crippen molar-refractivity contribution >= 4 is 5.69 Å². The average molecular weight is 234 g/mol. The molecule has 1 aromatic heterocycles. The first-order valence-electron chi connectivity index (χ1n) is 4.91. The molecule has 0 spiro atoms. The van der Waals surface area contributed by atoms with E-state index in [2.05, 4.69) is 10.1 Å². The molecule has 1 aromatic carbocycles. The van der Waals surface area contributed by atoms with Crippen molar-refractivity contribution in [1.29, 1.82) is 0 Å². The second-order valence-electron chi connectivity index (χ2n) is 3.48. The van der Waals surface area contributed by atoms with Gasteiger partial charge >= 0.3 is 0 Å². The van der Waals surface area contributed by atoms with Gasteiger partial charge in [0.2, 0.25) is 0 Å². The average Bonchev–Trinajstić information content (AvgIpc) is 2.82. The van der Waals surface area contributed by atoms with Crippen LogP contribution in [0.25, 0.3) is 0 Å². The van der Waals surface area contributed by atoms with Crippen LogP contribution in [0.4, 0.5) is 5.69 Å². The Labute approximate surface area is 96.5 Å². The Bertz CT molecular complexity index is 495. The van der Waals surface area contributed by atoms with Gasteiger partial charge in [0.25, 0.3) is 5.69 Å². The third kappa shape index (κ3) is 2.64. The highest BCUT2D eigenvalue weighted by atomic mass is 16.6. The van der Waals surface area contributed by atoms with Gasteiger partial charge in [-0.2, -0.15) is 5.10 Å². The number of hydrogen-bond acceptors (Lipinski definition) is 5. The van der Waals surface area contributed by atoms with Crippen LogP contribution in [0.2, 0.25) is 0 Å². The zero-order chi connectivity index (χ0) is 12.3. The predicted octanol–water partition coefficient (Wildman–Crippen LogP) is 0.920. The zero-order valence-corrected chi connectivity index (χ0v) is 8.80. The molecule has 1 atom stereocenters. The number of hydrogen-bond donors (Lipinski definition) is 1. The Morgan fingerprint density at radius 2 is 2.12 bits per heavy atom. The fourth-order valence-electron chi connectivity index (χ4n) is 1.43. The maximum atomic E-state index is 10.5. The lowest BCUT2D eigenvalue weighted by Crippen LogP contribution is -2.09. The molecule has 7 heteroatoms. The van der Waals surface area contributed by atoms with Crippen LogP contribution < -0.4 is 0 Å². The lowest BCUT2D eigenvalue weighted by atomic mass is 10.1. The maximum absolute atomic E-state index is 10.5. The van der Waals surface area contributed by atoms with Gasteiger partial charge in [-0.3, -0.25) is 14.8 Å². The molecule has 2 rings (SSSR count). The summed E-state index contributed by atoms with van der Waals surface area (Å²) in [5, 5.41) is 24.2. The summed E-state index contributed by atoms with van der Waals surface area (Å²) in [6, 6.07) is 5.78. The fourth-order valence-corrected chi connectivity index (χ4v) is 1.43. The Morgan fingerprint density at radius 3 is 2.65 bits per heavy atom. The molecule has 1 N–H and O–H groups in total. The van der Waals surface area contributed by atoms with Gasteiger partial charge in [0.15, 0.2) is 0 Å². The van der Waals surface area contributed by atoms with Crippen molar-refractivity contribution in [1.82, 2.24) is 14.8 Å². The normalized spacial score (nSPS) is 12.3. The van der Waals surface area contributed by atoms with Crippen molar-refractivity contribution in [3.05, 3.63) is 52.6 Å². The number of nitro groups is 1. The van der Waals surface area contributed by atoms with Gasteiger partial charge in [-0.05, 0) is 17.7 Å². The molecule has 0 radical (unpaired) electrons. The van der Waals surface area contributed by atoms with E-state index in [9.17, 15) is 15.2 Å². The second kappa shape index (κ2) is 4.71. The van der Waals surface area contributed by atoms with Gasteiger partial charge < -0.3 is 5.11 Å². The summed E-state index contributed by atoms with van der Waals surface area (Å²) in [4.78, 5) is 13.7. The molecule has 0 saturated carbocycles. The highest BCUT2D eigenvalue weighted by molar-refractivity contribution is 5.33. The van der Waals surface area contributed by atoms with Crippen LogP contribution in [0.15, 0.2) is 36.9 Å². The van der Waals surface area contributed by atoms with Gasteiger partial charge in [0.1, 0.15) is 12.7 Å². The van der Waals surface area contributed by atoms with Crippen molar-refractivity contribution in [2.75, 3.05) is 0 Å². The Hall–Kier alpha value is -2.28. The van der Waals surface area contributed by atoms with Crippen molar-refractivity contribution in [3.8, 4) is 0 Å². The molecule has 1 heterocycles. The summed E-state index contributed by atoms with van der Waals surface area (Å²) >= 11 is 0. The minimum Gasteiger partial charge on any atom is -0.386 e. The van der Waals surface area contributed by atoms with E-state index in [0.29, 0.717) is 5.56 Å². The van der Waals surface area contributed by atoms with Crippen LogP contribution >= 0.6 is 0 Å². The Morgan fingerprint density at radius 1 is 1.41 bits per heavy atom. The first-order valence-corrected chi connectivity index (χ1v) is 4.91. The molecule has 0 amide bonds.